The van der Waals surface area contributed by atoms with Crippen LogP contribution in [0.5, 0.6) is 0 Å². The highest BCUT2D eigenvalue weighted by molar-refractivity contribution is 5.90. The molecule has 0 aromatic heterocycles. The molecule has 1 spiro atoms. The fourth-order valence-electron chi connectivity index (χ4n) is 13.1. The summed E-state index contributed by atoms with van der Waals surface area (Å²) >= 11 is 0. The molecule has 278 valence electrons. The maximum absolute atomic E-state index is 2.65. The molecule has 2 fully saturated rings. The van der Waals surface area contributed by atoms with E-state index in [0.29, 0.717) is 5.92 Å². The summed E-state index contributed by atoms with van der Waals surface area (Å²) in [7, 11) is 0. The molecule has 0 N–H and O–H groups in total. The molecule has 0 radical (unpaired) electrons. The van der Waals surface area contributed by atoms with Crippen LogP contribution >= 0.6 is 0 Å². The van der Waals surface area contributed by atoms with E-state index in [9.17, 15) is 0 Å². The van der Waals surface area contributed by atoms with E-state index in [4.69, 9.17) is 0 Å². The Morgan fingerprint density at radius 3 is 1.51 bits per heavy atom. The summed E-state index contributed by atoms with van der Waals surface area (Å²) < 4.78 is 0. The second-order valence-corrected chi connectivity index (χ2v) is 18.6. The molecule has 57 heavy (non-hydrogen) atoms. The Morgan fingerprint density at radius 1 is 0.386 bits per heavy atom. The van der Waals surface area contributed by atoms with Crippen molar-refractivity contribution in [2.75, 3.05) is 4.90 Å². The molecule has 0 amide bonds. The zero-order valence-corrected chi connectivity index (χ0v) is 33.3. The van der Waals surface area contributed by atoms with E-state index in [1.165, 1.54) is 116 Å². The van der Waals surface area contributed by atoms with Crippen molar-refractivity contribution in [3.8, 4) is 22.3 Å². The van der Waals surface area contributed by atoms with Gasteiger partial charge in [0, 0.05) is 27.9 Å². The van der Waals surface area contributed by atoms with Gasteiger partial charge in [0.25, 0.3) is 0 Å². The number of anilines is 3. The maximum Gasteiger partial charge on any atom is 0.0719 e. The topological polar surface area (TPSA) is 3.24 Å². The maximum atomic E-state index is 2.65. The van der Waals surface area contributed by atoms with E-state index in [1.807, 2.05) is 0 Å². The first-order chi connectivity index (χ1) is 27.9. The molecule has 1 nitrogen and oxygen atoms in total. The first kappa shape index (κ1) is 33.5. The van der Waals surface area contributed by atoms with Crippen LogP contribution in [0.25, 0.3) is 22.3 Å². The third kappa shape index (κ3) is 4.41. The molecular formula is C56H49N. The van der Waals surface area contributed by atoms with E-state index in [-0.39, 0.29) is 10.8 Å². The van der Waals surface area contributed by atoms with Gasteiger partial charge in [-0.05, 0) is 140 Å². The Morgan fingerprint density at radius 2 is 0.860 bits per heavy atom. The molecule has 5 aliphatic rings. The molecule has 0 unspecified atom stereocenters. The molecule has 2 saturated carbocycles. The molecule has 7 aromatic carbocycles. The number of nitrogens with zero attached hydrogens (tertiary/aromatic N) is 1. The van der Waals surface area contributed by atoms with Gasteiger partial charge < -0.3 is 4.90 Å². The molecule has 2 bridgehead atoms. The van der Waals surface area contributed by atoms with Crippen LogP contribution in [0.4, 0.5) is 17.1 Å². The molecule has 0 heterocycles. The van der Waals surface area contributed by atoms with E-state index in [2.05, 4.69) is 189 Å². The lowest BCUT2D eigenvalue weighted by atomic mass is 9.50. The highest BCUT2D eigenvalue weighted by Crippen LogP contribution is 2.65. The number of benzene rings is 7. The van der Waals surface area contributed by atoms with Crippen LogP contribution in [-0.4, -0.2) is 0 Å². The van der Waals surface area contributed by atoms with Crippen molar-refractivity contribution < 1.29 is 0 Å². The van der Waals surface area contributed by atoms with Gasteiger partial charge in [0.15, 0.2) is 0 Å². The Hall–Kier alpha value is -5.66. The van der Waals surface area contributed by atoms with Crippen molar-refractivity contribution in [3.63, 3.8) is 0 Å². The Labute approximate surface area is 338 Å². The van der Waals surface area contributed by atoms with Crippen molar-refractivity contribution in [3.05, 3.63) is 208 Å². The summed E-state index contributed by atoms with van der Waals surface area (Å²) in [6.45, 7) is 7.43. The van der Waals surface area contributed by atoms with Crippen LogP contribution < -0.4 is 4.90 Å². The van der Waals surface area contributed by atoms with E-state index in [0.717, 1.165) is 11.8 Å². The van der Waals surface area contributed by atoms with Crippen LogP contribution in [0.3, 0.4) is 0 Å². The van der Waals surface area contributed by atoms with E-state index in [1.54, 1.807) is 0 Å². The molecule has 12 rings (SSSR count). The fraction of sp³-hybridized carbons (Fsp3) is 0.250. The summed E-state index contributed by atoms with van der Waals surface area (Å²) in [6.07, 6.45) is 6.85. The monoisotopic (exact) mass is 735 g/mol. The predicted octanol–water partition coefficient (Wildman–Crippen LogP) is 14.3. The Bertz CT molecular complexity index is 2700. The van der Waals surface area contributed by atoms with Gasteiger partial charge >= 0.3 is 0 Å². The zero-order chi connectivity index (χ0) is 38.1. The largest absolute Gasteiger partial charge is 0.310 e. The summed E-state index contributed by atoms with van der Waals surface area (Å²) in [4.78, 5) is 2.54. The van der Waals surface area contributed by atoms with Crippen molar-refractivity contribution in [2.45, 2.75) is 69.1 Å². The lowest BCUT2D eigenvalue weighted by Gasteiger charge is -2.52. The lowest BCUT2D eigenvalue weighted by Crippen LogP contribution is -2.46. The van der Waals surface area contributed by atoms with Crippen molar-refractivity contribution in [1.29, 1.82) is 0 Å². The first-order valence-electron chi connectivity index (χ1n) is 21.4. The number of hydrogen-bond acceptors (Lipinski definition) is 1. The standard InChI is InChI=1S/C56H49N/c1-54(2)46-20-10-7-17-42(46)45-29-27-40(34-52(45)54)57(39-15-5-4-6-16-39)41-28-30-51-53(35-41)55(3,38-32-36-25-26-37(31-36)33-38)49-23-13-14-24-50(49)56(51)47-21-11-8-18-43(47)44-19-9-12-22-48(44)56/h4-24,27-30,34-38H,25-26,31-33H2,1-3H3/t36-,37+,38+,55-/m1/s1. The van der Waals surface area contributed by atoms with Gasteiger partial charge in [0.05, 0.1) is 5.41 Å². The summed E-state index contributed by atoms with van der Waals surface area (Å²) in [5, 5.41) is 0. The summed E-state index contributed by atoms with van der Waals surface area (Å²) in [5.41, 5.74) is 20.1. The van der Waals surface area contributed by atoms with Crippen LogP contribution in [0.15, 0.2) is 164 Å². The quantitative estimate of drug-likeness (QED) is 0.174. The van der Waals surface area contributed by atoms with Gasteiger partial charge in [0.1, 0.15) is 0 Å². The van der Waals surface area contributed by atoms with Gasteiger partial charge in [-0.25, -0.2) is 0 Å². The second-order valence-electron chi connectivity index (χ2n) is 18.6. The zero-order valence-electron chi connectivity index (χ0n) is 33.3. The SMILES string of the molecule is CC1(C)c2ccccc2-c2ccc(N(c3ccccc3)c3ccc4c(c3)[C@](C)([C@H]3C[C@@H]5CC[C@@H](C5)C3)c3ccccc3C43c4ccccc4-c4ccccc43)cc21. The van der Waals surface area contributed by atoms with E-state index >= 15 is 0 Å². The molecule has 7 aromatic rings. The molecule has 0 aliphatic heterocycles. The highest BCUT2D eigenvalue weighted by atomic mass is 15.1. The average molecular weight is 736 g/mol. The van der Waals surface area contributed by atoms with Crippen LogP contribution in [0.1, 0.15) is 97.4 Å². The lowest BCUT2D eigenvalue weighted by molar-refractivity contribution is 0.187. The Kier molecular flexibility index (Phi) is 7.01. The van der Waals surface area contributed by atoms with Crippen LogP contribution in [0, 0.1) is 17.8 Å². The normalized spacial score (nSPS) is 23.5. The molecular weight excluding hydrogens is 687 g/mol. The number of hydrogen-bond donors (Lipinski definition) is 0. The minimum Gasteiger partial charge on any atom is -0.310 e. The summed E-state index contributed by atoms with van der Waals surface area (Å²) in [5.74, 6) is 2.26. The third-order valence-electron chi connectivity index (χ3n) is 15.6. The van der Waals surface area contributed by atoms with Gasteiger partial charge in [-0.1, -0.05) is 161 Å². The summed E-state index contributed by atoms with van der Waals surface area (Å²) in [6, 6.07) is 63.1. The third-order valence-corrected chi connectivity index (χ3v) is 15.6. The van der Waals surface area contributed by atoms with Crippen molar-refractivity contribution >= 4 is 17.1 Å². The Balaban J connectivity index is 1.14. The second kappa shape index (κ2) is 11.9. The number of para-hydroxylation sites is 1. The predicted molar refractivity (Wildman–Crippen MR) is 236 cm³/mol. The van der Waals surface area contributed by atoms with Crippen molar-refractivity contribution in [2.24, 2.45) is 17.8 Å². The smallest absolute Gasteiger partial charge is 0.0719 e. The first-order valence-corrected chi connectivity index (χ1v) is 21.4. The van der Waals surface area contributed by atoms with Gasteiger partial charge in [-0.15, -0.1) is 0 Å². The molecule has 4 atom stereocenters. The fourth-order valence-corrected chi connectivity index (χ4v) is 13.1. The molecule has 1 heteroatoms. The number of fused-ring (bicyclic) bond motifs is 14. The highest BCUT2D eigenvalue weighted by Gasteiger charge is 2.57. The minimum atomic E-state index is -0.397. The molecule has 5 aliphatic carbocycles. The van der Waals surface area contributed by atoms with E-state index < -0.39 is 5.41 Å². The molecule has 0 saturated heterocycles. The van der Waals surface area contributed by atoms with Gasteiger partial charge in [-0.3, -0.25) is 0 Å². The van der Waals surface area contributed by atoms with Gasteiger partial charge in [-0.2, -0.15) is 0 Å². The van der Waals surface area contributed by atoms with Crippen LogP contribution in [-0.2, 0) is 16.2 Å². The van der Waals surface area contributed by atoms with Crippen molar-refractivity contribution in [1.82, 2.24) is 0 Å². The number of rotatable bonds is 4. The van der Waals surface area contributed by atoms with Gasteiger partial charge in [0.2, 0.25) is 0 Å². The average Bonchev–Trinajstić information content (AvgIpc) is 3.84. The minimum absolute atomic E-state index is 0.0849. The van der Waals surface area contributed by atoms with Crippen LogP contribution in [0.2, 0.25) is 0 Å².